The Morgan fingerprint density at radius 1 is 1.08 bits per heavy atom. The molecular formula is C17H11F4MgNO3. The number of esters is 1. The number of nitrogens with one attached hydrogen (secondary N) is 1. The third-order valence-electron chi connectivity index (χ3n) is 3.50. The average Bonchev–Trinajstić information content (AvgIpc) is 3.00. The van der Waals surface area contributed by atoms with E-state index < -0.39 is 23.7 Å². The smallest absolute Gasteiger partial charge is 0.431 e. The first-order valence-corrected chi connectivity index (χ1v) is 7.04. The molecule has 4 nitrogen and oxygen atoms in total. The van der Waals surface area contributed by atoms with Gasteiger partial charge >= 0.3 is 12.1 Å². The highest BCUT2D eigenvalue weighted by Gasteiger charge is 2.33. The highest BCUT2D eigenvalue weighted by atomic mass is 24.3. The predicted molar refractivity (Wildman–Crippen MR) is 86.9 cm³/mol. The van der Waals surface area contributed by atoms with Gasteiger partial charge in [0.2, 0.25) is 0 Å². The maximum Gasteiger partial charge on any atom is 0.431 e. The summed E-state index contributed by atoms with van der Waals surface area (Å²) in [4.78, 5) is 14.0. The van der Waals surface area contributed by atoms with Crippen LogP contribution in [0.2, 0.25) is 0 Å². The van der Waals surface area contributed by atoms with Crippen LogP contribution in [0.4, 0.5) is 17.6 Å². The Morgan fingerprint density at radius 2 is 1.81 bits per heavy atom. The summed E-state index contributed by atoms with van der Waals surface area (Å²) in [6, 6.07) is 8.43. The number of carbonyl (C=O) groups excluding carboxylic acids is 1. The van der Waals surface area contributed by atoms with Crippen molar-refractivity contribution in [1.29, 1.82) is 0 Å². The van der Waals surface area contributed by atoms with E-state index in [1.54, 1.807) is 0 Å². The first-order chi connectivity index (χ1) is 11.8. The zero-order valence-corrected chi connectivity index (χ0v) is 14.9. The Morgan fingerprint density at radius 3 is 2.46 bits per heavy atom. The van der Waals surface area contributed by atoms with Crippen molar-refractivity contribution in [1.82, 2.24) is 4.98 Å². The molecule has 2 aromatic carbocycles. The number of ether oxygens (including phenoxy) is 2. The molecule has 0 spiro atoms. The summed E-state index contributed by atoms with van der Waals surface area (Å²) in [7, 11) is 1.15. The topological polar surface area (TPSA) is 51.3 Å². The molecule has 0 aliphatic heterocycles. The molecule has 0 fully saturated rings. The minimum Gasteiger partial charge on any atom is -0.465 e. The molecule has 0 aliphatic rings. The molecule has 0 bridgehead atoms. The second-order valence-corrected chi connectivity index (χ2v) is 5.13. The summed E-state index contributed by atoms with van der Waals surface area (Å²) in [5.74, 6) is -1.54. The van der Waals surface area contributed by atoms with E-state index in [4.69, 9.17) is 4.74 Å². The fraction of sp³-hybridized carbons (Fsp3) is 0.118. The van der Waals surface area contributed by atoms with Gasteiger partial charge in [0.1, 0.15) is 28.6 Å². The largest absolute Gasteiger partial charge is 0.465 e. The van der Waals surface area contributed by atoms with Crippen molar-refractivity contribution < 1.29 is 31.8 Å². The van der Waals surface area contributed by atoms with Gasteiger partial charge in [-0.25, -0.2) is 9.18 Å². The molecule has 0 unspecified atom stereocenters. The van der Waals surface area contributed by atoms with Crippen LogP contribution < -0.4 is 4.74 Å². The molecule has 9 heteroatoms. The minimum absolute atomic E-state index is 0. The van der Waals surface area contributed by atoms with Gasteiger partial charge in [0.15, 0.2) is 0 Å². The van der Waals surface area contributed by atoms with Gasteiger partial charge in [-0.05, 0) is 30.3 Å². The Hall–Kier alpha value is -2.26. The normalized spacial score (nSPS) is 11.1. The Balaban J connectivity index is 0.00000243. The van der Waals surface area contributed by atoms with Crippen molar-refractivity contribution in [2.75, 3.05) is 7.11 Å². The van der Waals surface area contributed by atoms with E-state index in [0.717, 1.165) is 25.3 Å². The molecule has 3 rings (SSSR count). The molecule has 0 aliphatic carbocycles. The number of aromatic amines is 1. The van der Waals surface area contributed by atoms with Crippen LogP contribution in [0.3, 0.4) is 0 Å². The highest BCUT2D eigenvalue weighted by molar-refractivity contribution is 5.93. The maximum absolute atomic E-state index is 13.5. The number of alkyl halides is 3. The molecule has 3 aromatic rings. The number of hydrogen-bond donors (Lipinski definition) is 1. The summed E-state index contributed by atoms with van der Waals surface area (Å²) in [5.41, 5.74) is -0.792. The monoisotopic (exact) mass is 377 g/mol. The lowest BCUT2D eigenvalue weighted by Crippen LogP contribution is -2.04. The fourth-order valence-electron chi connectivity index (χ4n) is 2.35. The summed E-state index contributed by atoms with van der Waals surface area (Å²) >= 11 is 0. The number of carbonyl (C=O) groups is 1. The van der Waals surface area contributed by atoms with Crippen molar-refractivity contribution in [3.63, 3.8) is 0 Å². The highest BCUT2D eigenvalue weighted by Crippen LogP contribution is 2.37. The van der Waals surface area contributed by atoms with Gasteiger partial charge in [-0.15, -0.1) is 0 Å². The van der Waals surface area contributed by atoms with E-state index in [-0.39, 0.29) is 51.0 Å². The first kappa shape index (κ1) is 20.1. The number of rotatable bonds is 3. The summed E-state index contributed by atoms with van der Waals surface area (Å²) in [6.45, 7) is 0. The molecule has 0 atom stereocenters. The van der Waals surface area contributed by atoms with Gasteiger partial charge in [0.25, 0.3) is 0 Å². The van der Waals surface area contributed by atoms with Crippen LogP contribution in [0.1, 0.15) is 16.1 Å². The van der Waals surface area contributed by atoms with Crippen LogP contribution in [0.5, 0.6) is 11.5 Å². The van der Waals surface area contributed by atoms with E-state index in [9.17, 15) is 22.4 Å². The van der Waals surface area contributed by atoms with Gasteiger partial charge in [0.05, 0.1) is 7.11 Å². The molecule has 1 heterocycles. The van der Waals surface area contributed by atoms with Crippen LogP contribution in [0.25, 0.3) is 10.9 Å². The van der Waals surface area contributed by atoms with Gasteiger partial charge in [0, 0.05) is 40.0 Å². The molecular weight excluding hydrogens is 366 g/mol. The standard InChI is InChI=1S/C17H11F4NO3.Mg/c1-24-16(23)10-6-5-9(18)7-14(10)25-13-4-2-3-12-11(13)8-15(22-12)17(19,20)21;/h2-8,22H,1H3;. The number of fused-ring (bicyclic) bond motifs is 1. The van der Waals surface area contributed by atoms with Crippen molar-refractivity contribution >= 4 is 39.9 Å². The van der Waals surface area contributed by atoms with Crippen molar-refractivity contribution in [2.24, 2.45) is 0 Å². The predicted octanol–water partition coefficient (Wildman–Crippen LogP) is 4.52. The van der Waals surface area contributed by atoms with Crippen LogP contribution >= 0.6 is 0 Å². The summed E-state index contributed by atoms with van der Waals surface area (Å²) in [6.07, 6.45) is -4.55. The Bertz CT molecular complexity index is 953. The molecule has 0 amide bonds. The average molecular weight is 378 g/mol. The number of H-pyrrole nitrogens is 1. The van der Waals surface area contributed by atoms with E-state index in [0.29, 0.717) is 0 Å². The summed E-state index contributed by atoms with van der Waals surface area (Å²) in [5, 5.41) is 0.148. The van der Waals surface area contributed by atoms with E-state index in [1.807, 2.05) is 0 Å². The maximum atomic E-state index is 13.5. The van der Waals surface area contributed by atoms with Gasteiger partial charge < -0.3 is 14.5 Å². The van der Waals surface area contributed by atoms with Gasteiger partial charge in [-0.1, -0.05) is 6.07 Å². The van der Waals surface area contributed by atoms with Crippen molar-refractivity contribution in [2.45, 2.75) is 6.18 Å². The van der Waals surface area contributed by atoms with Gasteiger partial charge in [-0.2, -0.15) is 13.2 Å². The fourth-order valence-corrected chi connectivity index (χ4v) is 2.35. The first-order valence-electron chi connectivity index (χ1n) is 7.04. The van der Waals surface area contributed by atoms with E-state index in [2.05, 4.69) is 9.72 Å². The number of methoxy groups -OCH3 is 1. The lowest BCUT2D eigenvalue weighted by molar-refractivity contribution is -0.140. The molecule has 2 radical (unpaired) electrons. The molecule has 1 aromatic heterocycles. The lowest BCUT2D eigenvalue weighted by atomic mass is 10.2. The SMILES string of the molecule is COC(=O)c1ccc(F)cc1Oc1cccc2[nH]c(C(F)(F)F)cc12.[Mg]. The van der Waals surface area contributed by atoms with Crippen LogP contribution in [-0.4, -0.2) is 41.1 Å². The van der Waals surface area contributed by atoms with Crippen molar-refractivity contribution in [3.8, 4) is 11.5 Å². The van der Waals surface area contributed by atoms with E-state index in [1.165, 1.54) is 24.3 Å². The van der Waals surface area contributed by atoms with Crippen LogP contribution in [0.15, 0.2) is 42.5 Å². The van der Waals surface area contributed by atoms with Crippen LogP contribution in [0, 0.1) is 5.82 Å². The zero-order chi connectivity index (χ0) is 18.2. The molecule has 132 valence electrons. The second-order valence-electron chi connectivity index (χ2n) is 5.13. The summed E-state index contributed by atoms with van der Waals surface area (Å²) < 4.78 is 62.2. The van der Waals surface area contributed by atoms with Crippen molar-refractivity contribution in [3.05, 3.63) is 59.5 Å². The van der Waals surface area contributed by atoms with Gasteiger partial charge in [-0.3, -0.25) is 0 Å². The quantitative estimate of drug-likeness (QED) is 0.415. The van der Waals surface area contributed by atoms with Crippen LogP contribution in [-0.2, 0) is 10.9 Å². The molecule has 0 saturated carbocycles. The lowest BCUT2D eigenvalue weighted by Gasteiger charge is -2.11. The molecule has 1 N–H and O–H groups in total. The molecule has 0 saturated heterocycles. The number of hydrogen-bond acceptors (Lipinski definition) is 3. The Kier molecular flexibility index (Phi) is 5.82. The number of aromatic nitrogens is 1. The number of halogens is 4. The Labute approximate surface area is 161 Å². The third kappa shape index (κ3) is 3.93. The second kappa shape index (κ2) is 7.54. The third-order valence-corrected chi connectivity index (χ3v) is 3.50. The van der Waals surface area contributed by atoms with E-state index >= 15 is 0 Å². The number of benzene rings is 2. The minimum atomic E-state index is -4.55. The molecule has 26 heavy (non-hydrogen) atoms. The zero-order valence-electron chi connectivity index (χ0n) is 13.5.